The fourth-order valence-corrected chi connectivity index (χ4v) is 2.31. The van der Waals surface area contributed by atoms with Crippen LogP contribution in [0.15, 0.2) is 0 Å². The summed E-state index contributed by atoms with van der Waals surface area (Å²) in [5.74, 6) is 0. The maximum atomic E-state index is 9.88. The summed E-state index contributed by atoms with van der Waals surface area (Å²) in [6.45, 7) is 7.72. The summed E-state index contributed by atoms with van der Waals surface area (Å²) in [5.41, 5.74) is -0.921. The van der Waals surface area contributed by atoms with Crippen molar-refractivity contribution in [2.75, 3.05) is 5.33 Å². The van der Waals surface area contributed by atoms with Crippen molar-refractivity contribution in [1.29, 1.82) is 0 Å². The summed E-state index contributed by atoms with van der Waals surface area (Å²) < 4.78 is 0. The van der Waals surface area contributed by atoms with E-state index < -0.39 is 11.7 Å². The van der Waals surface area contributed by atoms with E-state index in [1.54, 1.807) is 0 Å². The molecule has 0 aromatic carbocycles. The second-order valence-electron chi connectivity index (χ2n) is 4.69. The lowest BCUT2D eigenvalue weighted by molar-refractivity contribution is -0.0305. The topological polar surface area (TPSA) is 40.5 Å². The third-order valence-electron chi connectivity index (χ3n) is 2.65. The Bertz CT molecular complexity index is 155. The molecule has 0 aliphatic carbocycles. The first-order chi connectivity index (χ1) is 5.75. The largest absolute Gasteiger partial charge is 0.392 e. The Kier molecular flexibility index (Phi) is 4.91. The molecule has 0 saturated carbocycles. The van der Waals surface area contributed by atoms with E-state index in [0.717, 1.165) is 0 Å². The van der Waals surface area contributed by atoms with Gasteiger partial charge in [-0.2, -0.15) is 0 Å². The van der Waals surface area contributed by atoms with Crippen molar-refractivity contribution in [3.63, 3.8) is 0 Å². The van der Waals surface area contributed by atoms with Crippen LogP contribution in [0.5, 0.6) is 0 Å². The molecule has 2 N–H and O–H groups in total. The van der Waals surface area contributed by atoms with Crippen LogP contribution in [0.1, 0.15) is 40.5 Å². The van der Waals surface area contributed by atoms with Crippen LogP contribution in [0.3, 0.4) is 0 Å². The Hall–Kier alpha value is 0.400. The molecule has 0 heterocycles. The van der Waals surface area contributed by atoms with Gasteiger partial charge in [0.15, 0.2) is 0 Å². The van der Waals surface area contributed by atoms with Crippen LogP contribution in [-0.2, 0) is 0 Å². The monoisotopic (exact) mass is 252 g/mol. The molecule has 0 bridgehead atoms. The zero-order chi connectivity index (χ0) is 10.7. The summed E-state index contributed by atoms with van der Waals surface area (Å²) >= 11 is 3.25. The lowest BCUT2D eigenvalue weighted by Crippen LogP contribution is -2.39. The van der Waals surface area contributed by atoms with Gasteiger partial charge in [0.25, 0.3) is 0 Å². The van der Waals surface area contributed by atoms with Crippen molar-refractivity contribution in [2.45, 2.75) is 52.2 Å². The number of aliphatic hydroxyl groups is 2. The SMILES string of the molecule is CCC(C)(O)CC(C)(C)[C@@H](O)CBr. The summed E-state index contributed by atoms with van der Waals surface area (Å²) in [7, 11) is 0. The van der Waals surface area contributed by atoms with Gasteiger partial charge in [-0.15, -0.1) is 0 Å². The van der Waals surface area contributed by atoms with E-state index in [0.29, 0.717) is 18.2 Å². The standard InChI is InChI=1S/C10H21BrO2/c1-5-10(4,13)7-9(2,3)8(12)6-11/h8,12-13H,5-7H2,1-4H3/t8-,10?/m0/s1. The fraction of sp³-hybridized carbons (Fsp3) is 1.00. The molecule has 0 fully saturated rings. The van der Waals surface area contributed by atoms with Crippen LogP contribution in [0.25, 0.3) is 0 Å². The molecule has 0 rings (SSSR count). The summed E-state index contributed by atoms with van der Waals surface area (Å²) in [6, 6.07) is 0. The van der Waals surface area contributed by atoms with Crippen molar-refractivity contribution < 1.29 is 10.2 Å². The predicted molar refractivity (Wildman–Crippen MR) is 59.1 cm³/mol. The molecule has 0 radical (unpaired) electrons. The molecule has 0 spiro atoms. The molecule has 0 amide bonds. The van der Waals surface area contributed by atoms with Crippen LogP contribution in [0.4, 0.5) is 0 Å². The minimum atomic E-state index is -0.674. The van der Waals surface area contributed by atoms with Crippen molar-refractivity contribution >= 4 is 15.9 Å². The van der Waals surface area contributed by atoms with Gasteiger partial charge in [-0.1, -0.05) is 36.7 Å². The molecular weight excluding hydrogens is 232 g/mol. The van der Waals surface area contributed by atoms with Crippen LogP contribution in [-0.4, -0.2) is 27.2 Å². The van der Waals surface area contributed by atoms with E-state index in [4.69, 9.17) is 0 Å². The van der Waals surface area contributed by atoms with E-state index >= 15 is 0 Å². The average Bonchev–Trinajstić information content (AvgIpc) is 2.01. The molecule has 2 nitrogen and oxygen atoms in total. The molecule has 0 aromatic rings. The van der Waals surface area contributed by atoms with Crippen LogP contribution in [0, 0.1) is 5.41 Å². The van der Waals surface area contributed by atoms with Gasteiger partial charge in [0.2, 0.25) is 0 Å². The van der Waals surface area contributed by atoms with Crippen LogP contribution in [0.2, 0.25) is 0 Å². The minimum Gasteiger partial charge on any atom is -0.392 e. The number of rotatable bonds is 5. The predicted octanol–water partition coefficient (Wildman–Crippen LogP) is 2.32. The Morgan fingerprint density at radius 2 is 1.77 bits per heavy atom. The van der Waals surface area contributed by atoms with E-state index in [1.807, 2.05) is 27.7 Å². The lowest BCUT2D eigenvalue weighted by Gasteiger charge is -2.36. The summed E-state index contributed by atoms with van der Waals surface area (Å²) in [5, 5.41) is 20.1. The van der Waals surface area contributed by atoms with Crippen LogP contribution >= 0.6 is 15.9 Å². The first-order valence-electron chi connectivity index (χ1n) is 4.71. The maximum Gasteiger partial charge on any atom is 0.0688 e. The minimum absolute atomic E-state index is 0.247. The second-order valence-corrected chi connectivity index (χ2v) is 5.33. The maximum absolute atomic E-state index is 9.88. The molecule has 0 aliphatic rings. The number of hydrogen-bond donors (Lipinski definition) is 2. The quantitative estimate of drug-likeness (QED) is 0.738. The number of halogens is 1. The smallest absolute Gasteiger partial charge is 0.0688 e. The lowest BCUT2D eigenvalue weighted by atomic mass is 9.76. The summed E-state index contributed by atoms with van der Waals surface area (Å²) in [6.07, 6.45) is 0.917. The highest BCUT2D eigenvalue weighted by atomic mass is 79.9. The highest BCUT2D eigenvalue weighted by Gasteiger charge is 2.34. The van der Waals surface area contributed by atoms with E-state index in [-0.39, 0.29) is 5.41 Å². The highest BCUT2D eigenvalue weighted by molar-refractivity contribution is 9.09. The van der Waals surface area contributed by atoms with E-state index in [2.05, 4.69) is 15.9 Å². The normalized spacial score (nSPS) is 19.6. The van der Waals surface area contributed by atoms with Gasteiger partial charge >= 0.3 is 0 Å². The first kappa shape index (κ1) is 13.4. The zero-order valence-corrected chi connectivity index (χ0v) is 10.6. The Morgan fingerprint density at radius 3 is 2.08 bits per heavy atom. The van der Waals surface area contributed by atoms with Gasteiger partial charge in [-0.3, -0.25) is 0 Å². The summed E-state index contributed by atoms with van der Waals surface area (Å²) in [4.78, 5) is 0. The fourth-order valence-electron chi connectivity index (χ4n) is 1.43. The zero-order valence-electron chi connectivity index (χ0n) is 8.97. The van der Waals surface area contributed by atoms with Gasteiger partial charge in [0, 0.05) is 5.33 Å². The number of alkyl halides is 1. The molecule has 0 aromatic heterocycles. The molecule has 13 heavy (non-hydrogen) atoms. The van der Waals surface area contributed by atoms with Gasteiger partial charge in [-0.05, 0) is 25.2 Å². The number of aliphatic hydroxyl groups excluding tert-OH is 1. The third-order valence-corrected chi connectivity index (χ3v) is 3.26. The van der Waals surface area contributed by atoms with Crippen LogP contribution < -0.4 is 0 Å². The second kappa shape index (κ2) is 4.76. The Morgan fingerprint density at radius 1 is 1.31 bits per heavy atom. The Balaban J connectivity index is 4.32. The number of hydrogen-bond acceptors (Lipinski definition) is 2. The van der Waals surface area contributed by atoms with E-state index in [9.17, 15) is 10.2 Å². The third kappa shape index (κ3) is 4.43. The molecule has 1 unspecified atom stereocenters. The van der Waals surface area contributed by atoms with Crippen molar-refractivity contribution in [2.24, 2.45) is 5.41 Å². The van der Waals surface area contributed by atoms with E-state index in [1.165, 1.54) is 0 Å². The first-order valence-corrected chi connectivity index (χ1v) is 5.84. The van der Waals surface area contributed by atoms with Crippen molar-refractivity contribution in [3.05, 3.63) is 0 Å². The molecule has 2 atom stereocenters. The van der Waals surface area contributed by atoms with Crippen molar-refractivity contribution in [1.82, 2.24) is 0 Å². The molecular formula is C10H21BrO2. The van der Waals surface area contributed by atoms with Gasteiger partial charge in [-0.25, -0.2) is 0 Å². The Labute approximate surface area is 89.5 Å². The van der Waals surface area contributed by atoms with Gasteiger partial charge < -0.3 is 10.2 Å². The highest BCUT2D eigenvalue weighted by Crippen LogP contribution is 2.33. The van der Waals surface area contributed by atoms with Crippen molar-refractivity contribution in [3.8, 4) is 0 Å². The molecule has 0 saturated heterocycles. The van der Waals surface area contributed by atoms with Gasteiger partial charge in [0.1, 0.15) is 0 Å². The van der Waals surface area contributed by atoms with Gasteiger partial charge in [0.05, 0.1) is 11.7 Å². The molecule has 0 aliphatic heterocycles. The average molecular weight is 253 g/mol. The molecule has 3 heteroatoms. The molecule has 80 valence electrons.